The zero-order valence-corrected chi connectivity index (χ0v) is 11.5. The molecule has 0 saturated heterocycles. The van der Waals surface area contributed by atoms with Gasteiger partial charge in [0.1, 0.15) is 11.4 Å². The molecule has 0 fully saturated rings. The maximum absolute atomic E-state index is 11.1. The molecule has 0 unspecified atom stereocenters. The van der Waals surface area contributed by atoms with E-state index in [2.05, 4.69) is 0 Å². The maximum atomic E-state index is 11.1. The normalized spacial score (nSPS) is 13.5. The molecular weight excluding hydrogens is 268 g/mol. The summed E-state index contributed by atoms with van der Waals surface area (Å²) >= 11 is 0. The summed E-state index contributed by atoms with van der Waals surface area (Å²) in [6.07, 6.45) is 4.52. The summed E-state index contributed by atoms with van der Waals surface area (Å²) in [5, 5.41) is 11.1. The number of nitro benzene ring substituents is 1. The van der Waals surface area contributed by atoms with E-state index >= 15 is 0 Å². The molecule has 0 saturated carbocycles. The van der Waals surface area contributed by atoms with E-state index in [-0.39, 0.29) is 17.1 Å². The Hall–Kier alpha value is -2.56. The van der Waals surface area contributed by atoms with Crippen molar-refractivity contribution in [3.63, 3.8) is 0 Å². The van der Waals surface area contributed by atoms with Crippen molar-refractivity contribution in [3.05, 3.63) is 57.6 Å². The molecule has 2 aromatic carbocycles. The first kappa shape index (κ1) is 13.4. The Morgan fingerprint density at radius 1 is 1.10 bits per heavy atom. The summed E-state index contributed by atoms with van der Waals surface area (Å²) in [6, 6.07) is 10.6. The third kappa shape index (κ3) is 2.67. The van der Waals surface area contributed by atoms with Gasteiger partial charge in [0.15, 0.2) is 0 Å². The number of rotatable bonds is 3. The first-order valence-electron chi connectivity index (χ1n) is 6.97. The smallest absolute Gasteiger partial charge is 0.334 e. The van der Waals surface area contributed by atoms with E-state index in [4.69, 9.17) is 10.5 Å². The van der Waals surface area contributed by atoms with Crippen LogP contribution in [0.15, 0.2) is 36.4 Å². The first-order chi connectivity index (χ1) is 10.1. The highest BCUT2D eigenvalue weighted by Gasteiger charge is 2.20. The van der Waals surface area contributed by atoms with Crippen molar-refractivity contribution in [1.82, 2.24) is 0 Å². The topological polar surface area (TPSA) is 78.4 Å². The number of para-hydroxylation sites is 1. The van der Waals surface area contributed by atoms with Crippen molar-refractivity contribution >= 4 is 11.4 Å². The summed E-state index contributed by atoms with van der Waals surface area (Å²) in [7, 11) is 0. The summed E-state index contributed by atoms with van der Waals surface area (Å²) in [5.74, 6) is 0.792. The second-order valence-corrected chi connectivity index (χ2v) is 5.19. The number of nitrogen functional groups attached to an aromatic ring is 1. The second kappa shape index (κ2) is 5.44. The highest BCUT2D eigenvalue weighted by Crippen LogP contribution is 2.36. The highest BCUT2D eigenvalue weighted by atomic mass is 16.6. The van der Waals surface area contributed by atoms with Crippen LogP contribution in [0.1, 0.15) is 24.0 Å². The molecule has 0 aliphatic heterocycles. The molecule has 108 valence electrons. The molecule has 2 aromatic rings. The lowest BCUT2D eigenvalue weighted by Gasteiger charge is -2.16. The minimum absolute atomic E-state index is 0.107. The molecule has 3 rings (SSSR count). The van der Waals surface area contributed by atoms with Crippen LogP contribution in [0.25, 0.3) is 0 Å². The fourth-order valence-electron chi connectivity index (χ4n) is 2.72. The van der Waals surface area contributed by atoms with Crippen LogP contribution < -0.4 is 10.5 Å². The number of aryl methyl sites for hydroxylation is 2. The van der Waals surface area contributed by atoms with Crippen LogP contribution >= 0.6 is 0 Å². The largest absolute Gasteiger partial charge is 0.450 e. The van der Waals surface area contributed by atoms with Gasteiger partial charge in [0.25, 0.3) is 0 Å². The van der Waals surface area contributed by atoms with E-state index in [0.717, 1.165) is 12.8 Å². The van der Waals surface area contributed by atoms with Gasteiger partial charge in [-0.1, -0.05) is 12.1 Å². The molecule has 0 aromatic heterocycles. The van der Waals surface area contributed by atoms with E-state index in [0.29, 0.717) is 5.75 Å². The monoisotopic (exact) mass is 284 g/mol. The average molecular weight is 284 g/mol. The van der Waals surface area contributed by atoms with Gasteiger partial charge in [0, 0.05) is 0 Å². The third-order valence-corrected chi connectivity index (χ3v) is 3.76. The van der Waals surface area contributed by atoms with Crippen LogP contribution in [0.5, 0.6) is 11.5 Å². The lowest BCUT2D eigenvalue weighted by atomic mass is 9.92. The number of nitro groups is 1. The van der Waals surface area contributed by atoms with E-state index in [1.54, 1.807) is 12.1 Å². The number of ether oxygens (including phenoxy) is 1. The molecule has 0 heterocycles. The van der Waals surface area contributed by atoms with Crippen molar-refractivity contribution in [2.24, 2.45) is 0 Å². The number of benzene rings is 2. The Labute approximate surface area is 122 Å². The van der Waals surface area contributed by atoms with Crippen LogP contribution in [0.2, 0.25) is 0 Å². The standard InChI is InChI=1S/C16H16N2O3/c17-14-6-3-7-15(16(14)18(19)20)21-13-9-8-11-4-1-2-5-12(11)10-13/h3,6-10H,1-2,4-5,17H2. The Balaban J connectivity index is 1.94. The van der Waals surface area contributed by atoms with Crippen LogP contribution in [-0.4, -0.2) is 4.92 Å². The minimum atomic E-state index is -0.511. The average Bonchev–Trinajstić information content (AvgIpc) is 2.47. The van der Waals surface area contributed by atoms with Gasteiger partial charge >= 0.3 is 5.69 Å². The van der Waals surface area contributed by atoms with E-state index in [1.807, 2.05) is 18.2 Å². The molecule has 0 amide bonds. The SMILES string of the molecule is Nc1cccc(Oc2ccc3c(c2)CCCC3)c1[N+](=O)[O-]. The summed E-state index contributed by atoms with van der Waals surface area (Å²) in [5.41, 5.74) is 8.20. The lowest BCUT2D eigenvalue weighted by molar-refractivity contribution is -0.384. The second-order valence-electron chi connectivity index (χ2n) is 5.19. The van der Waals surface area contributed by atoms with Gasteiger partial charge in [-0.25, -0.2) is 0 Å². The molecule has 5 heteroatoms. The molecule has 5 nitrogen and oxygen atoms in total. The van der Waals surface area contributed by atoms with Gasteiger partial charge in [0.05, 0.1) is 4.92 Å². The van der Waals surface area contributed by atoms with E-state index < -0.39 is 4.92 Å². The number of hydrogen-bond acceptors (Lipinski definition) is 4. The third-order valence-electron chi connectivity index (χ3n) is 3.76. The molecular formula is C16H16N2O3. The maximum Gasteiger partial charge on any atom is 0.334 e. The Morgan fingerprint density at radius 2 is 1.86 bits per heavy atom. The van der Waals surface area contributed by atoms with Crippen LogP contribution in [0.4, 0.5) is 11.4 Å². The molecule has 0 atom stereocenters. The molecule has 1 aliphatic rings. The van der Waals surface area contributed by atoms with Gasteiger partial charge in [0.2, 0.25) is 5.75 Å². The molecule has 0 radical (unpaired) electrons. The van der Waals surface area contributed by atoms with Crippen LogP contribution in [0.3, 0.4) is 0 Å². The van der Waals surface area contributed by atoms with Crippen molar-refractivity contribution in [2.45, 2.75) is 25.7 Å². The number of fused-ring (bicyclic) bond motifs is 1. The quantitative estimate of drug-likeness (QED) is 0.527. The highest BCUT2D eigenvalue weighted by molar-refractivity contribution is 5.66. The van der Waals surface area contributed by atoms with Gasteiger partial charge in [-0.05, 0) is 61.1 Å². The number of anilines is 1. The summed E-state index contributed by atoms with van der Waals surface area (Å²) in [6.45, 7) is 0. The van der Waals surface area contributed by atoms with E-state index in [9.17, 15) is 10.1 Å². The lowest BCUT2D eigenvalue weighted by Crippen LogP contribution is -2.03. The molecule has 1 aliphatic carbocycles. The van der Waals surface area contributed by atoms with Crippen LogP contribution in [-0.2, 0) is 12.8 Å². The van der Waals surface area contributed by atoms with Crippen molar-refractivity contribution in [2.75, 3.05) is 5.73 Å². The van der Waals surface area contributed by atoms with E-state index in [1.165, 1.54) is 30.0 Å². The van der Waals surface area contributed by atoms with Gasteiger partial charge < -0.3 is 10.5 Å². The number of nitrogens with two attached hydrogens (primary N) is 1. The fraction of sp³-hybridized carbons (Fsp3) is 0.250. The van der Waals surface area contributed by atoms with Crippen molar-refractivity contribution < 1.29 is 9.66 Å². The predicted molar refractivity (Wildman–Crippen MR) is 80.7 cm³/mol. The number of nitrogens with zero attached hydrogens (tertiary/aromatic N) is 1. The predicted octanol–water partition coefficient (Wildman–Crippen LogP) is 3.85. The van der Waals surface area contributed by atoms with Crippen LogP contribution in [0, 0.1) is 10.1 Å². The molecule has 0 bridgehead atoms. The molecule has 21 heavy (non-hydrogen) atoms. The number of hydrogen-bond donors (Lipinski definition) is 1. The fourth-order valence-corrected chi connectivity index (χ4v) is 2.72. The zero-order valence-electron chi connectivity index (χ0n) is 11.5. The Kier molecular flexibility index (Phi) is 3.48. The van der Waals surface area contributed by atoms with Gasteiger partial charge in [-0.3, -0.25) is 10.1 Å². The minimum Gasteiger partial charge on any atom is -0.450 e. The zero-order chi connectivity index (χ0) is 14.8. The van der Waals surface area contributed by atoms with Gasteiger partial charge in [-0.2, -0.15) is 0 Å². The summed E-state index contributed by atoms with van der Waals surface area (Å²) < 4.78 is 5.70. The van der Waals surface area contributed by atoms with Crippen molar-refractivity contribution in [3.8, 4) is 11.5 Å². The van der Waals surface area contributed by atoms with Crippen molar-refractivity contribution in [1.29, 1.82) is 0 Å². The molecule has 2 N–H and O–H groups in total. The summed E-state index contributed by atoms with van der Waals surface area (Å²) in [4.78, 5) is 10.6. The van der Waals surface area contributed by atoms with Gasteiger partial charge in [-0.15, -0.1) is 0 Å². The Morgan fingerprint density at radius 3 is 2.62 bits per heavy atom. The Bertz CT molecular complexity index is 698. The first-order valence-corrected chi connectivity index (χ1v) is 6.97. The molecule has 0 spiro atoms.